The molecule has 0 bridgehead atoms. The SMILES string of the molecule is Nc1cccc(NS(=O)(=O)O)c1.[Ca]. The van der Waals surface area contributed by atoms with Crippen LogP contribution in [0.5, 0.6) is 0 Å². The minimum Gasteiger partial charge on any atom is -0.399 e. The Labute approximate surface area is 106 Å². The van der Waals surface area contributed by atoms with E-state index in [1.165, 1.54) is 12.1 Å². The summed E-state index contributed by atoms with van der Waals surface area (Å²) in [6.45, 7) is 0. The fourth-order valence-corrected chi connectivity index (χ4v) is 1.18. The van der Waals surface area contributed by atoms with Gasteiger partial charge in [-0.1, -0.05) is 6.07 Å². The summed E-state index contributed by atoms with van der Waals surface area (Å²) in [6.07, 6.45) is 0. The van der Waals surface area contributed by atoms with Crippen molar-refractivity contribution in [2.45, 2.75) is 0 Å². The average molecular weight is 228 g/mol. The molecule has 0 spiro atoms. The van der Waals surface area contributed by atoms with Crippen LogP contribution in [0.2, 0.25) is 0 Å². The van der Waals surface area contributed by atoms with Crippen LogP contribution in [0.25, 0.3) is 0 Å². The topological polar surface area (TPSA) is 92.4 Å². The zero-order valence-corrected chi connectivity index (χ0v) is 9.79. The molecule has 0 aliphatic heterocycles. The molecule has 0 heterocycles. The van der Waals surface area contributed by atoms with Gasteiger partial charge in [0.25, 0.3) is 0 Å². The number of anilines is 2. The summed E-state index contributed by atoms with van der Waals surface area (Å²) in [5.74, 6) is 0. The van der Waals surface area contributed by atoms with Gasteiger partial charge in [-0.3, -0.25) is 9.27 Å². The van der Waals surface area contributed by atoms with E-state index in [0.717, 1.165) is 0 Å². The molecule has 13 heavy (non-hydrogen) atoms. The maximum atomic E-state index is 10.3. The molecule has 2 radical (unpaired) electrons. The number of benzene rings is 1. The zero-order chi connectivity index (χ0) is 9.19. The van der Waals surface area contributed by atoms with Crippen LogP contribution in [0.15, 0.2) is 24.3 Å². The number of nitrogen functional groups attached to an aromatic ring is 1. The van der Waals surface area contributed by atoms with Crippen LogP contribution < -0.4 is 10.5 Å². The third kappa shape index (κ3) is 5.33. The van der Waals surface area contributed by atoms with E-state index in [9.17, 15) is 8.42 Å². The van der Waals surface area contributed by atoms with Crippen molar-refractivity contribution in [1.29, 1.82) is 0 Å². The molecule has 0 aliphatic carbocycles. The normalized spacial score (nSPS) is 10.2. The Hall–Kier alpha value is -0.0103. The molecular weight excluding hydrogens is 220 g/mol. The Kier molecular flexibility index (Phi) is 5.01. The Morgan fingerprint density at radius 3 is 2.46 bits per heavy atom. The van der Waals surface area contributed by atoms with Crippen LogP contribution in [-0.2, 0) is 10.3 Å². The first kappa shape index (κ1) is 13.0. The van der Waals surface area contributed by atoms with E-state index in [1.54, 1.807) is 12.1 Å². The van der Waals surface area contributed by atoms with E-state index in [1.807, 2.05) is 4.72 Å². The Balaban J connectivity index is 0.00000144. The van der Waals surface area contributed by atoms with E-state index in [-0.39, 0.29) is 43.4 Å². The van der Waals surface area contributed by atoms with E-state index in [4.69, 9.17) is 10.3 Å². The van der Waals surface area contributed by atoms with Gasteiger partial charge in [-0.15, -0.1) is 0 Å². The molecule has 68 valence electrons. The molecule has 1 rings (SSSR count). The van der Waals surface area contributed by atoms with Gasteiger partial charge >= 0.3 is 10.3 Å². The van der Waals surface area contributed by atoms with Crippen LogP contribution in [0, 0.1) is 0 Å². The van der Waals surface area contributed by atoms with Crippen molar-refractivity contribution in [3.63, 3.8) is 0 Å². The van der Waals surface area contributed by atoms with Gasteiger partial charge in [0.1, 0.15) is 0 Å². The Morgan fingerprint density at radius 1 is 1.38 bits per heavy atom. The molecule has 4 N–H and O–H groups in total. The van der Waals surface area contributed by atoms with Gasteiger partial charge < -0.3 is 5.73 Å². The van der Waals surface area contributed by atoms with E-state index < -0.39 is 10.3 Å². The first-order valence-electron chi connectivity index (χ1n) is 3.08. The molecule has 0 atom stereocenters. The van der Waals surface area contributed by atoms with E-state index in [0.29, 0.717) is 5.69 Å². The van der Waals surface area contributed by atoms with Crippen LogP contribution in [0.3, 0.4) is 0 Å². The molecular formula is C6H8CaN2O3S. The number of nitrogens with two attached hydrogens (primary N) is 1. The average Bonchev–Trinajstić information content (AvgIpc) is 1.82. The molecule has 1 aromatic rings. The first-order chi connectivity index (χ1) is 5.47. The largest absolute Gasteiger partial charge is 0.399 e. The fourth-order valence-electron chi connectivity index (χ4n) is 0.751. The van der Waals surface area contributed by atoms with Crippen molar-refractivity contribution in [3.05, 3.63) is 24.3 Å². The van der Waals surface area contributed by atoms with Crippen LogP contribution in [0.4, 0.5) is 11.4 Å². The number of rotatable bonds is 2. The third-order valence-electron chi connectivity index (χ3n) is 1.13. The van der Waals surface area contributed by atoms with Crippen LogP contribution in [-0.4, -0.2) is 50.7 Å². The van der Waals surface area contributed by atoms with Gasteiger partial charge in [0, 0.05) is 43.4 Å². The summed E-state index contributed by atoms with van der Waals surface area (Å²) in [5, 5.41) is 0. The smallest absolute Gasteiger partial charge is 0.357 e. The minimum absolute atomic E-state index is 0. The summed E-state index contributed by atoms with van der Waals surface area (Å²) >= 11 is 0. The van der Waals surface area contributed by atoms with Gasteiger partial charge in [-0.2, -0.15) is 8.42 Å². The van der Waals surface area contributed by atoms with Gasteiger partial charge in [0.15, 0.2) is 0 Å². The van der Waals surface area contributed by atoms with Crippen LogP contribution in [0.1, 0.15) is 0 Å². The van der Waals surface area contributed by atoms with Crippen molar-refractivity contribution in [1.82, 2.24) is 0 Å². The molecule has 7 heteroatoms. The van der Waals surface area contributed by atoms with E-state index in [2.05, 4.69) is 0 Å². The molecule has 5 nitrogen and oxygen atoms in total. The van der Waals surface area contributed by atoms with Gasteiger partial charge in [0.05, 0.1) is 5.69 Å². The predicted molar refractivity (Wildman–Crippen MR) is 51.8 cm³/mol. The maximum absolute atomic E-state index is 10.3. The summed E-state index contributed by atoms with van der Waals surface area (Å²) in [6, 6.07) is 6.05. The quantitative estimate of drug-likeness (QED) is 0.380. The Bertz CT molecular complexity index is 379. The molecule has 0 aliphatic rings. The van der Waals surface area contributed by atoms with Crippen molar-refractivity contribution in [2.24, 2.45) is 0 Å². The Morgan fingerprint density at radius 2 is 2.00 bits per heavy atom. The summed E-state index contributed by atoms with van der Waals surface area (Å²) in [7, 11) is -4.20. The molecule has 0 amide bonds. The number of hydrogen-bond donors (Lipinski definition) is 3. The third-order valence-corrected chi connectivity index (χ3v) is 1.63. The van der Waals surface area contributed by atoms with Crippen molar-refractivity contribution < 1.29 is 13.0 Å². The zero-order valence-electron chi connectivity index (χ0n) is 6.77. The van der Waals surface area contributed by atoms with Gasteiger partial charge in [-0.05, 0) is 18.2 Å². The molecule has 0 fully saturated rings. The molecule has 0 saturated carbocycles. The molecule has 0 saturated heterocycles. The first-order valence-corrected chi connectivity index (χ1v) is 4.52. The second-order valence-electron chi connectivity index (χ2n) is 2.20. The van der Waals surface area contributed by atoms with Crippen LogP contribution >= 0.6 is 0 Å². The maximum Gasteiger partial charge on any atom is 0.357 e. The fraction of sp³-hybridized carbons (Fsp3) is 0. The molecule has 0 aromatic heterocycles. The minimum atomic E-state index is -4.20. The van der Waals surface area contributed by atoms with Crippen molar-refractivity contribution in [2.75, 3.05) is 10.5 Å². The molecule has 0 unspecified atom stereocenters. The summed E-state index contributed by atoms with van der Waals surface area (Å²) in [5.41, 5.74) is 6.01. The monoisotopic (exact) mass is 228 g/mol. The van der Waals surface area contributed by atoms with Crippen molar-refractivity contribution in [3.8, 4) is 0 Å². The second-order valence-corrected chi connectivity index (χ2v) is 3.36. The number of hydrogen-bond acceptors (Lipinski definition) is 3. The predicted octanol–water partition coefficient (Wildman–Crippen LogP) is 0.103. The standard InChI is InChI=1S/C6H8N2O3S.Ca/c7-5-2-1-3-6(4-5)8-12(9,10)11;/h1-4,8H,7H2,(H,9,10,11);. The summed E-state index contributed by atoms with van der Waals surface area (Å²) < 4.78 is 30.9. The van der Waals surface area contributed by atoms with E-state index >= 15 is 0 Å². The molecule has 1 aromatic carbocycles. The second kappa shape index (κ2) is 5.02. The van der Waals surface area contributed by atoms with Gasteiger partial charge in [-0.25, -0.2) is 0 Å². The summed E-state index contributed by atoms with van der Waals surface area (Å²) in [4.78, 5) is 0. The van der Waals surface area contributed by atoms with Gasteiger partial charge in [0.2, 0.25) is 0 Å². The number of nitrogens with one attached hydrogen (secondary N) is 1. The van der Waals surface area contributed by atoms with Crippen molar-refractivity contribution >= 4 is 59.4 Å².